The number of rotatable bonds is 2. The van der Waals surface area contributed by atoms with Crippen molar-refractivity contribution in [2.24, 2.45) is 0 Å². The van der Waals surface area contributed by atoms with Gasteiger partial charge in [0.2, 0.25) is 0 Å². The minimum atomic E-state index is 0.650. The quantitative estimate of drug-likeness (QED) is 0.714. The van der Waals surface area contributed by atoms with Gasteiger partial charge in [-0.15, -0.1) is 0 Å². The number of nitrogens with zero attached hydrogens (tertiary/aromatic N) is 1. The molecule has 0 bridgehead atoms. The number of hydrogen-bond acceptors (Lipinski definition) is 3. The molecule has 0 saturated carbocycles. The Hall–Kier alpha value is -2.07. The molecule has 2 aromatic carbocycles. The molecule has 0 spiro atoms. The van der Waals surface area contributed by atoms with Crippen LogP contribution in [0.15, 0.2) is 59.2 Å². The number of fused-ring (bicyclic) bond motifs is 1. The maximum absolute atomic E-state index is 5.92. The Balaban J connectivity index is 2.09. The van der Waals surface area contributed by atoms with Crippen LogP contribution in [0, 0.1) is 0 Å². The van der Waals surface area contributed by atoms with E-state index >= 15 is 0 Å². The lowest BCUT2D eigenvalue weighted by Gasteiger charge is -2.10. The summed E-state index contributed by atoms with van der Waals surface area (Å²) in [5.74, 6) is 1.51. The van der Waals surface area contributed by atoms with Crippen LogP contribution in [0.1, 0.15) is 0 Å². The van der Waals surface area contributed by atoms with E-state index in [1.807, 2.05) is 48.5 Å². The highest BCUT2D eigenvalue weighted by molar-refractivity contribution is 9.10. The predicted octanol–water partition coefficient (Wildman–Crippen LogP) is 4.37. The van der Waals surface area contributed by atoms with Gasteiger partial charge in [-0.25, -0.2) is 0 Å². The number of anilines is 1. The molecule has 0 unspecified atom stereocenters. The average Bonchev–Trinajstić information content (AvgIpc) is 2.42. The fraction of sp³-hybridized carbons (Fsp3) is 0. The lowest BCUT2D eigenvalue weighted by molar-refractivity contribution is 0.488. The molecule has 0 atom stereocenters. The highest BCUT2D eigenvalue weighted by Gasteiger charge is 2.07. The van der Waals surface area contributed by atoms with Crippen molar-refractivity contribution in [2.45, 2.75) is 0 Å². The van der Waals surface area contributed by atoms with Crippen LogP contribution in [0.4, 0.5) is 5.69 Å². The van der Waals surface area contributed by atoms with Gasteiger partial charge in [-0.05, 0) is 42.5 Å². The van der Waals surface area contributed by atoms with Crippen molar-refractivity contribution in [3.05, 3.63) is 59.2 Å². The normalized spacial score (nSPS) is 10.6. The molecule has 0 fully saturated rings. The van der Waals surface area contributed by atoms with Crippen LogP contribution in [0.25, 0.3) is 10.9 Å². The lowest BCUT2D eigenvalue weighted by atomic mass is 10.1. The van der Waals surface area contributed by atoms with Crippen LogP contribution in [-0.4, -0.2) is 4.98 Å². The zero-order valence-corrected chi connectivity index (χ0v) is 11.6. The minimum absolute atomic E-state index is 0.650. The number of ether oxygens (including phenoxy) is 1. The smallest absolute Gasteiger partial charge is 0.136 e. The summed E-state index contributed by atoms with van der Waals surface area (Å²) >= 11 is 3.42. The van der Waals surface area contributed by atoms with Crippen molar-refractivity contribution < 1.29 is 4.74 Å². The fourth-order valence-corrected chi connectivity index (χ4v) is 2.29. The number of nitrogen functional groups attached to an aromatic ring is 1. The highest BCUT2D eigenvalue weighted by Crippen LogP contribution is 2.32. The van der Waals surface area contributed by atoms with Gasteiger partial charge in [0.15, 0.2) is 0 Å². The molecular formula is C15H11BrN2O. The number of aromatic nitrogens is 1. The maximum atomic E-state index is 5.92. The Bertz CT molecular complexity index is 743. The molecule has 0 aliphatic carbocycles. The number of halogens is 1. The van der Waals surface area contributed by atoms with Gasteiger partial charge in [0.1, 0.15) is 11.5 Å². The first-order valence-electron chi connectivity index (χ1n) is 5.81. The van der Waals surface area contributed by atoms with Gasteiger partial charge in [-0.2, -0.15) is 0 Å². The van der Waals surface area contributed by atoms with Crippen LogP contribution in [0.5, 0.6) is 11.5 Å². The van der Waals surface area contributed by atoms with Crippen molar-refractivity contribution in [1.82, 2.24) is 4.98 Å². The summed E-state index contributed by atoms with van der Waals surface area (Å²) < 4.78 is 6.88. The van der Waals surface area contributed by atoms with Crippen molar-refractivity contribution in [2.75, 3.05) is 5.73 Å². The predicted molar refractivity (Wildman–Crippen MR) is 80.4 cm³/mol. The molecule has 0 aliphatic heterocycles. The van der Waals surface area contributed by atoms with Crippen LogP contribution >= 0.6 is 15.9 Å². The van der Waals surface area contributed by atoms with Crippen molar-refractivity contribution in [1.29, 1.82) is 0 Å². The number of hydrogen-bond donors (Lipinski definition) is 1. The van der Waals surface area contributed by atoms with Crippen LogP contribution < -0.4 is 10.5 Å². The molecule has 94 valence electrons. The summed E-state index contributed by atoms with van der Waals surface area (Å²) in [6.07, 6.45) is 1.72. The van der Waals surface area contributed by atoms with E-state index < -0.39 is 0 Å². The van der Waals surface area contributed by atoms with E-state index in [-0.39, 0.29) is 0 Å². The zero-order chi connectivity index (χ0) is 13.2. The van der Waals surface area contributed by atoms with Crippen molar-refractivity contribution >= 4 is 32.5 Å². The highest BCUT2D eigenvalue weighted by atomic mass is 79.9. The van der Waals surface area contributed by atoms with Gasteiger partial charge in [0.05, 0.1) is 11.2 Å². The van der Waals surface area contributed by atoms with Crippen LogP contribution in [-0.2, 0) is 0 Å². The number of pyridine rings is 1. The Morgan fingerprint density at radius 1 is 1.05 bits per heavy atom. The molecule has 3 rings (SSSR count). The van der Waals surface area contributed by atoms with E-state index in [9.17, 15) is 0 Å². The van der Waals surface area contributed by atoms with Crippen LogP contribution in [0.3, 0.4) is 0 Å². The number of benzene rings is 2. The Labute approximate surface area is 119 Å². The first-order chi connectivity index (χ1) is 9.24. The molecule has 3 nitrogen and oxygen atoms in total. The topological polar surface area (TPSA) is 48.1 Å². The zero-order valence-electron chi connectivity index (χ0n) is 10.0. The van der Waals surface area contributed by atoms with Gasteiger partial charge in [0, 0.05) is 16.1 Å². The van der Waals surface area contributed by atoms with E-state index in [4.69, 9.17) is 10.5 Å². The third-order valence-electron chi connectivity index (χ3n) is 2.78. The molecule has 0 aliphatic rings. The second-order valence-corrected chi connectivity index (χ2v) is 5.03. The first kappa shape index (κ1) is 12.0. The van der Waals surface area contributed by atoms with E-state index in [0.29, 0.717) is 5.69 Å². The Morgan fingerprint density at radius 2 is 1.95 bits per heavy atom. The monoisotopic (exact) mass is 314 g/mol. The van der Waals surface area contributed by atoms with Crippen molar-refractivity contribution in [3.8, 4) is 11.5 Å². The minimum Gasteiger partial charge on any atom is -0.457 e. The molecule has 3 aromatic rings. The van der Waals surface area contributed by atoms with Gasteiger partial charge in [0.25, 0.3) is 0 Å². The molecule has 0 radical (unpaired) electrons. The molecule has 2 N–H and O–H groups in total. The third kappa shape index (κ3) is 2.39. The molecule has 1 heterocycles. The van der Waals surface area contributed by atoms with Gasteiger partial charge >= 0.3 is 0 Å². The Morgan fingerprint density at radius 3 is 2.79 bits per heavy atom. The SMILES string of the molecule is Nc1ccc(Oc2cccc(Br)c2)c2cccnc12. The van der Waals surface area contributed by atoms with Crippen LogP contribution in [0.2, 0.25) is 0 Å². The molecule has 0 saturated heterocycles. The summed E-state index contributed by atoms with van der Waals surface area (Å²) in [7, 11) is 0. The summed E-state index contributed by atoms with van der Waals surface area (Å²) in [5.41, 5.74) is 7.33. The lowest BCUT2D eigenvalue weighted by Crippen LogP contribution is -1.92. The summed E-state index contributed by atoms with van der Waals surface area (Å²) in [5, 5.41) is 0.905. The first-order valence-corrected chi connectivity index (χ1v) is 6.60. The fourth-order valence-electron chi connectivity index (χ4n) is 1.91. The average molecular weight is 315 g/mol. The second kappa shape index (κ2) is 4.90. The van der Waals surface area contributed by atoms with E-state index in [2.05, 4.69) is 20.9 Å². The molecule has 0 amide bonds. The third-order valence-corrected chi connectivity index (χ3v) is 3.28. The summed E-state index contributed by atoms with van der Waals surface area (Å²) in [6.45, 7) is 0. The van der Waals surface area contributed by atoms with E-state index in [0.717, 1.165) is 26.9 Å². The molecule has 4 heteroatoms. The molecule has 1 aromatic heterocycles. The second-order valence-electron chi connectivity index (χ2n) is 4.11. The molecular weight excluding hydrogens is 304 g/mol. The van der Waals surface area contributed by atoms with E-state index in [1.54, 1.807) is 6.20 Å². The van der Waals surface area contributed by atoms with Gasteiger partial charge in [-0.3, -0.25) is 4.98 Å². The van der Waals surface area contributed by atoms with Crippen molar-refractivity contribution in [3.63, 3.8) is 0 Å². The maximum Gasteiger partial charge on any atom is 0.136 e. The molecule has 19 heavy (non-hydrogen) atoms. The van der Waals surface area contributed by atoms with Gasteiger partial charge in [-0.1, -0.05) is 22.0 Å². The summed E-state index contributed by atoms with van der Waals surface area (Å²) in [4.78, 5) is 4.29. The number of nitrogens with two attached hydrogens (primary N) is 1. The summed E-state index contributed by atoms with van der Waals surface area (Å²) in [6, 6.07) is 15.2. The largest absolute Gasteiger partial charge is 0.457 e. The standard InChI is InChI=1S/C15H11BrN2O/c16-10-3-1-4-11(9-10)19-14-7-6-13(17)15-12(14)5-2-8-18-15/h1-9H,17H2. The van der Waals surface area contributed by atoms with E-state index in [1.165, 1.54) is 0 Å². The van der Waals surface area contributed by atoms with Gasteiger partial charge < -0.3 is 10.5 Å². The Kier molecular flexibility index (Phi) is 3.09.